The Bertz CT molecular complexity index is 743. The zero-order valence-electron chi connectivity index (χ0n) is 10.1. The summed E-state index contributed by atoms with van der Waals surface area (Å²) < 4.78 is 2.05. The summed E-state index contributed by atoms with van der Waals surface area (Å²) in [6.07, 6.45) is 4.01. The summed E-state index contributed by atoms with van der Waals surface area (Å²) in [6, 6.07) is 14.0. The molecule has 0 aliphatic rings. The zero-order valence-corrected chi connectivity index (χ0v) is 10.1. The first-order chi connectivity index (χ1) is 8.83. The van der Waals surface area contributed by atoms with Crippen molar-refractivity contribution in [1.29, 1.82) is 0 Å². The lowest BCUT2D eigenvalue weighted by atomic mass is 10.2. The number of aromatic nitrogens is 2. The van der Waals surface area contributed by atoms with Gasteiger partial charge in [0, 0.05) is 18.0 Å². The Morgan fingerprint density at radius 1 is 1.00 bits per heavy atom. The Kier molecular flexibility index (Phi) is 2.59. The lowest BCUT2D eigenvalue weighted by Gasteiger charge is -1.99. The van der Waals surface area contributed by atoms with Gasteiger partial charge >= 0.3 is 0 Å². The SMILES string of the molecule is Cc1cn2cccc2c(C#Cc2ccccc2)n1. The molecule has 0 saturated carbocycles. The smallest absolute Gasteiger partial charge is 0.137 e. The summed E-state index contributed by atoms with van der Waals surface area (Å²) in [4.78, 5) is 4.49. The van der Waals surface area contributed by atoms with Crippen LogP contribution in [0.2, 0.25) is 0 Å². The molecule has 0 saturated heterocycles. The van der Waals surface area contributed by atoms with Crippen LogP contribution in [0, 0.1) is 18.8 Å². The third-order valence-electron chi connectivity index (χ3n) is 2.73. The molecule has 0 spiro atoms. The van der Waals surface area contributed by atoms with Gasteiger partial charge in [0.15, 0.2) is 0 Å². The number of hydrogen-bond acceptors (Lipinski definition) is 1. The zero-order chi connectivity index (χ0) is 12.4. The van der Waals surface area contributed by atoms with Gasteiger partial charge in [-0.2, -0.15) is 0 Å². The van der Waals surface area contributed by atoms with E-state index in [-0.39, 0.29) is 0 Å². The number of rotatable bonds is 0. The van der Waals surface area contributed by atoms with Crippen molar-refractivity contribution in [2.75, 3.05) is 0 Å². The van der Waals surface area contributed by atoms with Gasteiger partial charge in [-0.05, 0) is 37.1 Å². The number of nitrogens with zero attached hydrogens (tertiary/aromatic N) is 2. The van der Waals surface area contributed by atoms with Crippen LogP contribution < -0.4 is 0 Å². The predicted molar refractivity (Wildman–Crippen MR) is 72.4 cm³/mol. The summed E-state index contributed by atoms with van der Waals surface area (Å²) in [5.74, 6) is 6.29. The average Bonchev–Trinajstić information content (AvgIpc) is 2.85. The third-order valence-corrected chi connectivity index (χ3v) is 2.73. The molecule has 1 aromatic carbocycles. The second-order valence-corrected chi connectivity index (χ2v) is 4.15. The van der Waals surface area contributed by atoms with Crippen molar-refractivity contribution >= 4 is 5.52 Å². The molecule has 2 nitrogen and oxygen atoms in total. The summed E-state index contributed by atoms with van der Waals surface area (Å²) in [7, 11) is 0. The molecule has 0 radical (unpaired) electrons. The first-order valence-electron chi connectivity index (χ1n) is 5.84. The fourth-order valence-electron chi connectivity index (χ4n) is 1.92. The van der Waals surface area contributed by atoms with E-state index in [1.54, 1.807) is 0 Å². The van der Waals surface area contributed by atoms with Gasteiger partial charge < -0.3 is 4.40 Å². The van der Waals surface area contributed by atoms with E-state index in [1.165, 1.54) is 0 Å². The van der Waals surface area contributed by atoms with E-state index in [0.717, 1.165) is 22.5 Å². The summed E-state index contributed by atoms with van der Waals surface area (Å²) in [5.41, 5.74) is 3.84. The molecule has 3 rings (SSSR count). The van der Waals surface area contributed by atoms with Crippen molar-refractivity contribution in [1.82, 2.24) is 9.38 Å². The van der Waals surface area contributed by atoms with Gasteiger partial charge in [0.2, 0.25) is 0 Å². The minimum Gasteiger partial charge on any atom is -0.320 e. The Morgan fingerprint density at radius 2 is 1.83 bits per heavy atom. The number of fused-ring (bicyclic) bond motifs is 1. The van der Waals surface area contributed by atoms with E-state index in [4.69, 9.17) is 0 Å². The van der Waals surface area contributed by atoms with E-state index in [2.05, 4.69) is 21.2 Å². The topological polar surface area (TPSA) is 17.3 Å². The van der Waals surface area contributed by atoms with Gasteiger partial charge in [-0.1, -0.05) is 24.1 Å². The van der Waals surface area contributed by atoms with Gasteiger partial charge in [-0.15, -0.1) is 0 Å². The second kappa shape index (κ2) is 4.38. The third kappa shape index (κ3) is 1.99. The molecule has 3 aromatic rings. The lowest BCUT2D eigenvalue weighted by molar-refractivity contribution is 1.07. The fraction of sp³-hybridized carbons (Fsp3) is 0.0625. The summed E-state index contributed by atoms with van der Waals surface area (Å²) in [6.45, 7) is 1.98. The van der Waals surface area contributed by atoms with E-state index in [1.807, 2.05) is 61.8 Å². The predicted octanol–water partition coefficient (Wildman–Crippen LogP) is 3.04. The molecular formula is C16H12N2. The van der Waals surface area contributed by atoms with Crippen LogP contribution in [0.15, 0.2) is 54.9 Å². The van der Waals surface area contributed by atoms with E-state index >= 15 is 0 Å². The summed E-state index contributed by atoms with van der Waals surface area (Å²) >= 11 is 0. The molecule has 2 aromatic heterocycles. The normalized spacial score (nSPS) is 10.1. The Balaban J connectivity index is 2.10. The van der Waals surface area contributed by atoms with Gasteiger partial charge in [-0.25, -0.2) is 4.98 Å². The largest absolute Gasteiger partial charge is 0.320 e. The molecule has 0 N–H and O–H groups in total. The molecule has 0 atom stereocenters. The molecule has 0 unspecified atom stereocenters. The van der Waals surface area contributed by atoms with Gasteiger partial charge in [-0.3, -0.25) is 0 Å². The van der Waals surface area contributed by atoms with Crippen LogP contribution in [-0.4, -0.2) is 9.38 Å². The van der Waals surface area contributed by atoms with Crippen LogP contribution >= 0.6 is 0 Å². The van der Waals surface area contributed by atoms with Crippen molar-refractivity contribution < 1.29 is 0 Å². The molecule has 0 aliphatic carbocycles. The first kappa shape index (κ1) is 10.6. The van der Waals surface area contributed by atoms with Crippen LogP contribution in [0.5, 0.6) is 0 Å². The van der Waals surface area contributed by atoms with Gasteiger partial charge in [0.25, 0.3) is 0 Å². The van der Waals surface area contributed by atoms with Crippen molar-refractivity contribution in [2.45, 2.75) is 6.92 Å². The minimum atomic E-state index is 0.823. The lowest BCUT2D eigenvalue weighted by Crippen LogP contribution is -1.94. The van der Waals surface area contributed by atoms with Crippen LogP contribution in [0.3, 0.4) is 0 Å². The maximum Gasteiger partial charge on any atom is 0.137 e. The highest BCUT2D eigenvalue weighted by atomic mass is 14.9. The second-order valence-electron chi connectivity index (χ2n) is 4.15. The quantitative estimate of drug-likeness (QED) is 0.544. The van der Waals surface area contributed by atoms with Crippen molar-refractivity contribution in [3.63, 3.8) is 0 Å². The first-order valence-corrected chi connectivity index (χ1v) is 5.84. The molecule has 18 heavy (non-hydrogen) atoms. The van der Waals surface area contributed by atoms with Crippen molar-refractivity contribution in [3.05, 3.63) is 71.8 Å². The van der Waals surface area contributed by atoms with Crippen LogP contribution in [0.1, 0.15) is 17.0 Å². The van der Waals surface area contributed by atoms with Gasteiger partial charge in [0.1, 0.15) is 5.69 Å². The van der Waals surface area contributed by atoms with E-state index < -0.39 is 0 Å². The summed E-state index contributed by atoms with van der Waals surface area (Å²) in [5, 5.41) is 0. The molecule has 0 amide bonds. The monoisotopic (exact) mass is 232 g/mol. The standard InChI is InChI=1S/C16H12N2/c1-13-12-18-11-5-8-16(18)15(17-13)10-9-14-6-3-2-4-7-14/h2-8,11-12H,1H3. The Labute approximate surface area is 106 Å². The fourth-order valence-corrected chi connectivity index (χ4v) is 1.92. The highest BCUT2D eigenvalue weighted by molar-refractivity contribution is 5.60. The van der Waals surface area contributed by atoms with Crippen LogP contribution in [0.4, 0.5) is 0 Å². The highest BCUT2D eigenvalue weighted by Gasteiger charge is 2.00. The Hall–Kier alpha value is -2.53. The number of hydrogen-bond donors (Lipinski definition) is 0. The minimum absolute atomic E-state index is 0.823. The molecule has 2 heteroatoms. The molecular weight excluding hydrogens is 220 g/mol. The van der Waals surface area contributed by atoms with Crippen LogP contribution in [-0.2, 0) is 0 Å². The van der Waals surface area contributed by atoms with E-state index in [9.17, 15) is 0 Å². The van der Waals surface area contributed by atoms with Gasteiger partial charge in [0.05, 0.1) is 11.2 Å². The molecule has 86 valence electrons. The number of benzene rings is 1. The van der Waals surface area contributed by atoms with Crippen LogP contribution in [0.25, 0.3) is 5.52 Å². The molecule has 0 fully saturated rings. The highest BCUT2D eigenvalue weighted by Crippen LogP contribution is 2.10. The maximum atomic E-state index is 4.49. The molecule has 0 bridgehead atoms. The van der Waals surface area contributed by atoms with E-state index in [0.29, 0.717) is 0 Å². The van der Waals surface area contributed by atoms with Crippen molar-refractivity contribution in [3.8, 4) is 11.8 Å². The molecule has 0 aliphatic heterocycles. The molecule has 2 heterocycles. The maximum absolute atomic E-state index is 4.49. The van der Waals surface area contributed by atoms with Crippen molar-refractivity contribution in [2.24, 2.45) is 0 Å². The number of aryl methyl sites for hydroxylation is 1. The Morgan fingerprint density at radius 3 is 2.67 bits per heavy atom. The average molecular weight is 232 g/mol.